The molecule has 0 rings (SSSR count). The van der Waals surface area contributed by atoms with Crippen molar-refractivity contribution in [3.8, 4) is 0 Å². The van der Waals surface area contributed by atoms with Crippen molar-refractivity contribution in [3.63, 3.8) is 0 Å². The van der Waals surface area contributed by atoms with Gasteiger partial charge in [0.05, 0.1) is 6.61 Å². The molecule has 0 saturated heterocycles. The first kappa shape index (κ1) is 43.5. The summed E-state index contributed by atoms with van der Waals surface area (Å²) in [5.74, 6) is 0. The predicted octanol–water partition coefficient (Wildman–Crippen LogP) is 15.4. The van der Waals surface area contributed by atoms with Crippen LogP contribution < -0.4 is 0 Å². The molecule has 0 aliphatic rings. The summed E-state index contributed by atoms with van der Waals surface area (Å²) < 4.78 is 4.73. The van der Waals surface area contributed by atoms with E-state index in [2.05, 4.69) is 6.92 Å². The van der Waals surface area contributed by atoms with Gasteiger partial charge in [-0.3, -0.25) is 4.79 Å². The van der Waals surface area contributed by atoms with Crippen LogP contribution in [-0.4, -0.2) is 13.1 Å². The summed E-state index contributed by atoms with van der Waals surface area (Å²) in [6.07, 6.45) is 56.2. The standard InChI is InChI=1S/C42H84O2/c1-2-3-4-5-6-7-8-9-10-11-12-13-14-15-16-17-18-19-20-21-22-23-24-25-26-27-28-29-30-31-32-33-34-35-36-37-38-39-40-41-44-42-43/h42H,2-41H2,1H3. The van der Waals surface area contributed by atoms with E-state index in [-0.39, 0.29) is 0 Å². The number of ether oxygens (including phenoxy) is 1. The van der Waals surface area contributed by atoms with Crippen molar-refractivity contribution in [1.29, 1.82) is 0 Å². The average molecular weight is 621 g/mol. The van der Waals surface area contributed by atoms with Crippen LogP contribution in [0.25, 0.3) is 0 Å². The van der Waals surface area contributed by atoms with Crippen molar-refractivity contribution in [2.45, 2.75) is 257 Å². The summed E-state index contributed by atoms with van der Waals surface area (Å²) in [4.78, 5) is 10.1. The maximum Gasteiger partial charge on any atom is 0.293 e. The van der Waals surface area contributed by atoms with Crippen molar-refractivity contribution < 1.29 is 9.53 Å². The van der Waals surface area contributed by atoms with E-state index in [1.54, 1.807) is 0 Å². The SMILES string of the molecule is CCCCCCCCCCCCCCCCCCCCCCCCCCCCCCCCCCCCCCCCCOC=O. The average Bonchev–Trinajstić information content (AvgIpc) is 3.04. The second kappa shape index (κ2) is 42.5. The van der Waals surface area contributed by atoms with Crippen LogP contribution in [0.3, 0.4) is 0 Å². The van der Waals surface area contributed by atoms with Crippen LogP contribution in [0.15, 0.2) is 0 Å². The molecule has 0 heterocycles. The van der Waals surface area contributed by atoms with Gasteiger partial charge in [0, 0.05) is 0 Å². The number of unbranched alkanes of at least 4 members (excludes halogenated alkanes) is 38. The van der Waals surface area contributed by atoms with Gasteiger partial charge in [0.25, 0.3) is 6.47 Å². The Morgan fingerprint density at radius 2 is 0.432 bits per heavy atom. The molecule has 0 fully saturated rings. The van der Waals surface area contributed by atoms with Crippen LogP contribution in [0.1, 0.15) is 257 Å². The van der Waals surface area contributed by atoms with Crippen molar-refractivity contribution in [2.24, 2.45) is 0 Å². The third-order valence-corrected chi connectivity index (χ3v) is 9.93. The maximum absolute atomic E-state index is 10.1. The molecule has 0 saturated carbocycles. The van der Waals surface area contributed by atoms with Gasteiger partial charge in [-0.15, -0.1) is 0 Å². The number of hydrogen-bond acceptors (Lipinski definition) is 2. The van der Waals surface area contributed by atoms with Gasteiger partial charge in [0.2, 0.25) is 0 Å². The zero-order chi connectivity index (χ0) is 31.7. The Bertz CT molecular complexity index is 490. The highest BCUT2D eigenvalue weighted by Gasteiger charge is 1.98. The molecule has 0 aliphatic heterocycles. The van der Waals surface area contributed by atoms with E-state index in [1.165, 1.54) is 244 Å². The number of hydrogen-bond donors (Lipinski definition) is 0. The second-order valence-electron chi connectivity index (χ2n) is 14.4. The van der Waals surface area contributed by atoms with Crippen molar-refractivity contribution >= 4 is 6.47 Å². The number of carbonyl (C=O) groups excluding carboxylic acids is 1. The van der Waals surface area contributed by atoms with Gasteiger partial charge in [-0.25, -0.2) is 0 Å². The van der Waals surface area contributed by atoms with Crippen molar-refractivity contribution in [3.05, 3.63) is 0 Å². The zero-order valence-electron chi connectivity index (χ0n) is 30.7. The fraction of sp³-hybridized carbons (Fsp3) is 0.976. The topological polar surface area (TPSA) is 26.3 Å². The zero-order valence-corrected chi connectivity index (χ0v) is 30.7. The lowest BCUT2D eigenvalue weighted by Gasteiger charge is -2.05. The van der Waals surface area contributed by atoms with Crippen molar-refractivity contribution in [2.75, 3.05) is 6.61 Å². The van der Waals surface area contributed by atoms with Crippen LogP contribution in [0.5, 0.6) is 0 Å². The highest BCUT2D eigenvalue weighted by atomic mass is 16.5. The van der Waals surface area contributed by atoms with E-state index in [4.69, 9.17) is 4.74 Å². The molecule has 44 heavy (non-hydrogen) atoms. The minimum atomic E-state index is 0.561. The minimum absolute atomic E-state index is 0.561. The summed E-state index contributed by atoms with van der Waals surface area (Å²) in [5.41, 5.74) is 0. The van der Waals surface area contributed by atoms with Gasteiger partial charge in [-0.2, -0.15) is 0 Å². The largest absolute Gasteiger partial charge is 0.468 e. The fourth-order valence-corrected chi connectivity index (χ4v) is 6.85. The maximum atomic E-state index is 10.1. The Balaban J connectivity index is 3.03. The molecule has 0 atom stereocenters. The van der Waals surface area contributed by atoms with Crippen LogP contribution in [-0.2, 0) is 9.53 Å². The summed E-state index contributed by atoms with van der Waals surface area (Å²) in [6, 6.07) is 0. The molecule has 0 spiro atoms. The second-order valence-corrected chi connectivity index (χ2v) is 14.4. The van der Waals surface area contributed by atoms with E-state index in [1.807, 2.05) is 0 Å². The van der Waals surface area contributed by atoms with E-state index in [9.17, 15) is 4.79 Å². The molecule has 0 unspecified atom stereocenters. The molecule has 0 radical (unpaired) electrons. The van der Waals surface area contributed by atoms with Gasteiger partial charge < -0.3 is 4.74 Å². The highest BCUT2D eigenvalue weighted by molar-refractivity contribution is 5.36. The van der Waals surface area contributed by atoms with E-state index in [0.29, 0.717) is 13.1 Å². The van der Waals surface area contributed by atoms with E-state index >= 15 is 0 Å². The Kier molecular flexibility index (Phi) is 42.0. The molecule has 0 amide bonds. The molecular weight excluding hydrogens is 536 g/mol. The summed E-state index contributed by atoms with van der Waals surface area (Å²) in [6.45, 7) is 3.47. The molecule has 0 aromatic carbocycles. The normalized spacial score (nSPS) is 11.4. The van der Waals surface area contributed by atoms with Crippen LogP contribution in [0.2, 0.25) is 0 Å². The third-order valence-electron chi connectivity index (χ3n) is 9.93. The monoisotopic (exact) mass is 621 g/mol. The van der Waals surface area contributed by atoms with Crippen molar-refractivity contribution in [1.82, 2.24) is 0 Å². The van der Waals surface area contributed by atoms with Crippen LogP contribution in [0, 0.1) is 0 Å². The summed E-state index contributed by atoms with van der Waals surface area (Å²) in [7, 11) is 0. The lowest BCUT2D eigenvalue weighted by atomic mass is 10.0. The predicted molar refractivity (Wildman–Crippen MR) is 198 cm³/mol. The molecule has 2 heteroatoms. The summed E-state index contributed by atoms with van der Waals surface area (Å²) in [5, 5.41) is 0. The van der Waals surface area contributed by atoms with Gasteiger partial charge in [-0.1, -0.05) is 251 Å². The molecule has 0 aliphatic carbocycles. The lowest BCUT2D eigenvalue weighted by molar-refractivity contribution is -0.128. The quantitative estimate of drug-likeness (QED) is 0.0502. The lowest BCUT2D eigenvalue weighted by Crippen LogP contribution is -1.91. The third kappa shape index (κ3) is 41.5. The smallest absolute Gasteiger partial charge is 0.293 e. The Labute approximate surface area is 279 Å². The van der Waals surface area contributed by atoms with Gasteiger partial charge in [0.15, 0.2) is 0 Å². The molecule has 0 N–H and O–H groups in total. The first-order valence-corrected chi connectivity index (χ1v) is 21.0. The van der Waals surface area contributed by atoms with E-state index < -0.39 is 0 Å². The Morgan fingerprint density at radius 1 is 0.273 bits per heavy atom. The number of carbonyl (C=O) groups is 1. The molecule has 264 valence electrons. The Hall–Kier alpha value is -0.530. The summed E-state index contributed by atoms with van der Waals surface area (Å²) >= 11 is 0. The first-order chi connectivity index (χ1) is 21.9. The number of rotatable bonds is 41. The first-order valence-electron chi connectivity index (χ1n) is 21.0. The van der Waals surface area contributed by atoms with Gasteiger partial charge in [0.1, 0.15) is 0 Å². The molecule has 2 nitrogen and oxygen atoms in total. The van der Waals surface area contributed by atoms with E-state index in [0.717, 1.165) is 6.42 Å². The molecule has 0 bridgehead atoms. The Morgan fingerprint density at radius 3 is 0.591 bits per heavy atom. The molecular formula is C42H84O2. The van der Waals surface area contributed by atoms with Crippen LogP contribution in [0.4, 0.5) is 0 Å². The minimum Gasteiger partial charge on any atom is -0.468 e. The molecule has 0 aromatic heterocycles. The molecule has 0 aromatic rings. The van der Waals surface area contributed by atoms with Crippen LogP contribution >= 0.6 is 0 Å². The fourth-order valence-electron chi connectivity index (χ4n) is 6.85. The van der Waals surface area contributed by atoms with Gasteiger partial charge >= 0.3 is 0 Å². The van der Waals surface area contributed by atoms with Gasteiger partial charge in [-0.05, 0) is 6.42 Å². The highest BCUT2D eigenvalue weighted by Crippen LogP contribution is 2.17.